The molecule has 1 aromatic carbocycles. The lowest BCUT2D eigenvalue weighted by Crippen LogP contribution is -2.11. The van der Waals surface area contributed by atoms with Crippen LogP contribution in [0.15, 0.2) is 18.2 Å². The van der Waals surface area contributed by atoms with E-state index in [1.54, 1.807) is 0 Å². The van der Waals surface area contributed by atoms with Crippen LogP contribution < -0.4 is 5.32 Å². The first-order valence-electron chi connectivity index (χ1n) is 7.06. The predicted molar refractivity (Wildman–Crippen MR) is 77.3 cm³/mol. The summed E-state index contributed by atoms with van der Waals surface area (Å²) >= 11 is 0. The van der Waals surface area contributed by atoms with Gasteiger partial charge in [-0.15, -0.1) is 10.2 Å². The second-order valence-corrected chi connectivity index (χ2v) is 5.12. The van der Waals surface area contributed by atoms with E-state index in [0.29, 0.717) is 0 Å². The molecular formula is C15H20N4. The highest BCUT2D eigenvalue weighted by Gasteiger charge is 2.14. The first-order valence-corrected chi connectivity index (χ1v) is 7.06. The maximum Gasteiger partial charge on any atom is 0.163 e. The van der Waals surface area contributed by atoms with Crippen molar-refractivity contribution in [2.75, 3.05) is 11.9 Å². The Morgan fingerprint density at radius 2 is 2.21 bits per heavy atom. The smallest absolute Gasteiger partial charge is 0.163 e. The molecule has 4 heteroatoms. The number of aromatic nitrogens is 3. The zero-order valence-corrected chi connectivity index (χ0v) is 11.6. The van der Waals surface area contributed by atoms with Crippen molar-refractivity contribution in [3.8, 4) is 11.4 Å². The summed E-state index contributed by atoms with van der Waals surface area (Å²) in [6.07, 6.45) is 3.45. The molecule has 0 aliphatic carbocycles. The monoisotopic (exact) mass is 256 g/mol. The van der Waals surface area contributed by atoms with Crippen molar-refractivity contribution in [3.05, 3.63) is 29.6 Å². The molecule has 0 fully saturated rings. The van der Waals surface area contributed by atoms with Gasteiger partial charge in [0.2, 0.25) is 0 Å². The molecule has 3 rings (SSSR count). The number of benzene rings is 1. The first kappa shape index (κ1) is 12.2. The highest BCUT2D eigenvalue weighted by molar-refractivity contribution is 5.64. The van der Waals surface area contributed by atoms with Gasteiger partial charge in [-0.25, -0.2) is 0 Å². The molecule has 2 aromatic rings. The molecular weight excluding hydrogens is 236 g/mol. The van der Waals surface area contributed by atoms with Gasteiger partial charge in [-0.2, -0.15) is 0 Å². The highest BCUT2D eigenvalue weighted by Crippen LogP contribution is 2.27. The van der Waals surface area contributed by atoms with Crippen molar-refractivity contribution in [1.82, 2.24) is 14.8 Å². The van der Waals surface area contributed by atoms with Crippen LogP contribution in [0.25, 0.3) is 11.4 Å². The first-order chi connectivity index (χ1) is 9.29. The largest absolute Gasteiger partial charge is 0.385 e. The van der Waals surface area contributed by atoms with Crippen LogP contribution in [0.4, 0.5) is 5.69 Å². The Labute approximate surface area is 113 Å². The van der Waals surface area contributed by atoms with Gasteiger partial charge in [0.05, 0.1) is 0 Å². The van der Waals surface area contributed by atoms with Crippen LogP contribution in [0.2, 0.25) is 0 Å². The van der Waals surface area contributed by atoms with Crippen molar-refractivity contribution in [2.45, 2.75) is 39.7 Å². The molecule has 4 nitrogen and oxygen atoms in total. The zero-order valence-electron chi connectivity index (χ0n) is 11.6. The Hall–Kier alpha value is -1.84. The summed E-state index contributed by atoms with van der Waals surface area (Å²) in [5, 5.41) is 12.0. The van der Waals surface area contributed by atoms with Crippen LogP contribution >= 0.6 is 0 Å². The van der Waals surface area contributed by atoms with Gasteiger partial charge >= 0.3 is 0 Å². The van der Waals surface area contributed by atoms with Gasteiger partial charge in [0.25, 0.3) is 0 Å². The van der Waals surface area contributed by atoms with E-state index in [-0.39, 0.29) is 0 Å². The summed E-state index contributed by atoms with van der Waals surface area (Å²) in [5.74, 6) is 1.99. The number of rotatable bonds is 3. The van der Waals surface area contributed by atoms with Crippen LogP contribution in [0.3, 0.4) is 0 Å². The lowest BCUT2D eigenvalue weighted by atomic mass is 10.0. The molecule has 0 saturated heterocycles. The standard InChI is InChI=1S/C15H20N4/c1-3-9-19-11(2)17-18-15(19)13-6-7-14-12(10-13)5-4-8-16-14/h6-7,10,16H,3-5,8-9H2,1-2H3. The highest BCUT2D eigenvalue weighted by atomic mass is 15.3. The molecule has 2 heterocycles. The quantitative estimate of drug-likeness (QED) is 0.918. The maximum absolute atomic E-state index is 4.35. The Morgan fingerprint density at radius 1 is 1.32 bits per heavy atom. The minimum atomic E-state index is 0.976. The van der Waals surface area contributed by atoms with E-state index in [2.05, 4.69) is 45.2 Å². The third kappa shape index (κ3) is 2.23. The normalized spacial score (nSPS) is 14.0. The molecule has 1 aliphatic rings. The summed E-state index contributed by atoms with van der Waals surface area (Å²) in [7, 11) is 0. The van der Waals surface area contributed by atoms with Gasteiger partial charge in [0, 0.05) is 24.3 Å². The van der Waals surface area contributed by atoms with E-state index in [0.717, 1.165) is 37.6 Å². The fourth-order valence-corrected chi connectivity index (χ4v) is 2.70. The molecule has 1 aliphatic heterocycles. The van der Waals surface area contributed by atoms with Crippen LogP contribution in [0.1, 0.15) is 31.2 Å². The fourth-order valence-electron chi connectivity index (χ4n) is 2.70. The summed E-state index contributed by atoms with van der Waals surface area (Å²) in [6.45, 7) is 6.26. The molecule has 0 radical (unpaired) electrons. The van der Waals surface area contributed by atoms with Crippen molar-refractivity contribution in [2.24, 2.45) is 0 Å². The second-order valence-electron chi connectivity index (χ2n) is 5.12. The number of fused-ring (bicyclic) bond motifs is 1. The average molecular weight is 256 g/mol. The van der Waals surface area contributed by atoms with Gasteiger partial charge in [0.15, 0.2) is 5.82 Å². The Bertz CT molecular complexity index is 586. The van der Waals surface area contributed by atoms with Crippen molar-refractivity contribution >= 4 is 5.69 Å². The zero-order chi connectivity index (χ0) is 13.2. The van der Waals surface area contributed by atoms with Crippen molar-refractivity contribution < 1.29 is 0 Å². The minimum absolute atomic E-state index is 0.976. The van der Waals surface area contributed by atoms with Crippen LogP contribution in [0, 0.1) is 6.92 Å². The Balaban J connectivity index is 2.02. The van der Waals surface area contributed by atoms with Gasteiger partial charge in [-0.3, -0.25) is 0 Å². The Kier molecular flexibility index (Phi) is 3.23. The average Bonchev–Trinajstić information content (AvgIpc) is 2.80. The van der Waals surface area contributed by atoms with Gasteiger partial charge < -0.3 is 9.88 Å². The summed E-state index contributed by atoms with van der Waals surface area (Å²) in [5.41, 5.74) is 3.84. The summed E-state index contributed by atoms with van der Waals surface area (Å²) < 4.78 is 2.21. The fraction of sp³-hybridized carbons (Fsp3) is 0.467. The van der Waals surface area contributed by atoms with E-state index < -0.39 is 0 Å². The van der Waals surface area contributed by atoms with E-state index in [1.165, 1.54) is 23.2 Å². The molecule has 1 N–H and O–H groups in total. The van der Waals surface area contributed by atoms with Crippen LogP contribution in [-0.4, -0.2) is 21.3 Å². The molecule has 0 saturated carbocycles. The molecule has 100 valence electrons. The third-order valence-electron chi connectivity index (χ3n) is 3.68. The van der Waals surface area contributed by atoms with E-state index >= 15 is 0 Å². The SMILES string of the molecule is CCCn1c(C)nnc1-c1ccc2c(c1)CCCN2. The summed E-state index contributed by atoms with van der Waals surface area (Å²) in [6, 6.07) is 6.58. The number of hydrogen-bond donors (Lipinski definition) is 1. The van der Waals surface area contributed by atoms with Crippen molar-refractivity contribution in [3.63, 3.8) is 0 Å². The van der Waals surface area contributed by atoms with Crippen LogP contribution in [-0.2, 0) is 13.0 Å². The molecule has 0 amide bonds. The topological polar surface area (TPSA) is 42.7 Å². The van der Waals surface area contributed by atoms with E-state index in [4.69, 9.17) is 0 Å². The lowest BCUT2D eigenvalue weighted by molar-refractivity contribution is 0.663. The Morgan fingerprint density at radius 3 is 3.05 bits per heavy atom. The molecule has 0 unspecified atom stereocenters. The van der Waals surface area contributed by atoms with Gasteiger partial charge in [-0.05, 0) is 49.9 Å². The maximum atomic E-state index is 4.35. The minimum Gasteiger partial charge on any atom is -0.385 e. The van der Waals surface area contributed by atoms with Gasteiger partial charge in [0.1, 0.15) is 5.82 Å². The van der Waals surface area contributed by atoms with Crippen LogP contribution in [0.5, 0.6) is 0 Å². The van der Waals surface area contributed by atoms with E-state index in [9.17, 15) is 0 Å². The van der Waals surface area contributed by atoms with Gasteiger partial charge in [-0.1, -0.05) is 6.92 Å². The molecule has 1 aromatic heterocycles. The number of aryl methyl sites for hydroxylation is 2. The van der Waals surface area contributed by atoms with E-state index in [1.807, 2.05) is 6.92 Å². The second kappa shape index (κ2) is 5.03. The molecule has 0 bridgehead atoms. The molecule has 0 atom stereocenters. The predicted octanol–water partition coefficient (Wildman–Crippen LogP) is 3.02. The molecule has 0 spiro atoms. The lowest BCUT2D eigenvalue weighted by Gasteiger charge is -2.18. The van der Waals surface area contributed by atoms with Crippen molar-refractivity contribution in [1.29, 1.82) is 0 Å². The number of hydrogen-bond acceptors (Lipinski definition) is 3. The number of anilines is 1. The third-order valence-corrected chi connectivity index (χ3v) is 3.68. The molecule has 19 heavy (non-hydrogen) atoms. The number of nitrogens with zero attached hydrogens (tertiary/aromatic N) is 3. The summed E-state index contributed by atoms with van der Waals surface area (Å²) in [4.78, 5) is 0. The number of nitrogens with one attached hydrogen (secondary N) is 1.